The van der Waals surface area contributed by atoms with Crippen LogP contribution in [0.5, 0.6) is 0 Å². The quantitative estimate of drug-likeness (QED) is 0.824. The molecule has 1 saturated heterocycles. The predicted octanol–water partition coefficient (Wildman–Crippen LogP) is 0.941. The molecule has 0 unspecified atom stereocenters. The second-order valence-corrected chi connectivity index (χ2v) is 5.11. The lowest BCUT2D eigenvalue weighted by Crippen LogP contribution is -2.41. The first-order valence-electron chi connectivity index (χ1n) is 6.32. The lowest BCUT2D eigenvalue weighted by atomic mass is 10.1. The van der Waals surface area contributed by atoms with Crippen molar-refractivity contribution in [3.63, 3.8) is 0 Å². The van der Waals surface area contributed by atoms with Gasteiger partial charge in [0.25, 0.3) is 0 Å². The summed E-state index contributed by atoms with van der Waals surface area (Å²) in [6.45, 7) is 2.45. The lowest BCUT2D eigenvalue weighted by molar-refractivity contribution is -0.129. The number of carbonyl (C=O) groups is 2. The number of hydrogen-bond acceptors (Lipinski definition) is 3. The number of benzene rings is 1. The van der Waals surface area contributed by atoms with E-state index in [0.29, 0.717) is 6.54 Å². The summed E-state index contributed by atoms with van der Waals surface area (Å²) >= 11 is 0. The third-order valence-corrected chi connectivity index (χ3v) is 3.18. The van der Waals surface area contributed by atoms with Crippen molar-refractivity contribution in [2.45, 2.75) is 13.3 Å². The highest BCUT2D eigenvalue weighted by Gasteiger charge is 2.35. The van der Waals surface area contributed by atoms with E-state index in [0.717, 1.165) is 11.3 Å². The summed E-state index contributed by atoms with van der Waals surface area (Å²) in [7, 11) is 3.51. The van der Waals surface area contributed by atoms with Gasteiger partial charge in [-0.2, -0.15) is 0 Å². The maximum Gasteiger partial charge on any atom is 0.239 e. The van der Waals surface area contributed by atoms with Gasteiger partial charge in [0, 0.05) is 32.7 Å². The maximum atomic E-state index is 12.0. The SMILES string of the molecule is Cc1ccc(N2C[C@@H](C(=O)NN(C)C)CC2=O)cc1. The fourth-order valence-corrected chi connectivity index (χ4v) is 2.17. The van der Waals surface area contributed by atoms with Gasteiger partial charge in [0.15, 0.2) is 0 Å². The summed E-state index contributed by atoms with van der Waals surface area (Å²) in [4.78, 5) is 25.6. The molecule has 0 bridgehead atoms. The summed E-state index contributed by atoms with van der Waals surface area (Å²) in [5.74, 6) is -0.382. The molecule has 1 aliphatic heterocycles. The number of anilines is 1. The molecule has 1 aromatic rings. The molecule has 1 heterocycles. The first-order chi connectivity index (χ1) is 8.97. The fourth-order valence-electron chi connectivity index (χ4n) is 2.17. The molecule has 1 N–H and O–H groups in total. The van der Waals surface area contributed by atoms with E-state index in [-0.39, 0.29) is 24.2 Å². The molecule has 0 spiro atoms. The molecule has 0 aromatic heterocycles. The van der Waals surface area contributed by atoms with E-state index < -0.39 is 0 Å². The van der Waals surface area contributed by atoms with Crippen LogP contribution in [-0.4, -0.2) is 37.5 Å². The summed E-state index contributed by atoms with van der Waals surface area (Å²) in [6, 6.07) is 7.77. The first-order valence-corrected chi connectivity index (χ1v) is 6.32. The van der Waals surface area contributed by atoms with Crippen molar-refractivity contribution in [1.82, 2.24) is 10.4 Å². The Hall–Kier alpha value is -1.88. The van der Waals surface area contributed by atoms with Gasteiger partial charge in [-0.25, -0.2) is 5.01 Å². The van der Waals surface area contributed by atoms with Gasteiger partial charge < -0.3 is 4.90 Å². The zero-order valence-corrected chi connectivity index (χ0v) is 11.5. The van der Waals surface area contributed by atoms with Gasteiger partial charge in [0.05, 0.1) is 5.92 Å². The Morgan fingerprint density at radius 1 is 1.32 bits per heavy atom. The third kappa shape index (κ3) is 3.12. The molecule has 1 atom stereocenters. The van der Waals surface area contributed by atoms with E-state index in [1.165, 1.54) is 0 Å². The van der Waals surface area contributed by atoms with Gasteiger partial charge in [-0.1, -0.05) is 17.7 Å². The summed E-state index contributed by atoms with van der Waals surface area (Å²) in [5, 5.41) is 1.60. The zero-order valence-electron chi connectivity index (χ0n) is 11.5. The molecular weight excluding hydrogens is 242 g/mol. The van der Waals surface area contributed by atoms with E-state index in [9.17, 15) is 9.59 Å². The van der Waals surface area contributed by atoms with E-state index in [1.54, 1.807) is 24.0 Å². The van der Waals surface area contributed by atoms with Crippen LogP contribution in [0.2, 0.25) is 0 Å². The Morgan fingerprint density at radius 2 is 1.95 bits per heavy atom. The highest BCUT2D eigenvalue weighted by Crippen LogP contribution is 2.25. The molecule has 0 saturated carbocycles. The number of aryl methyl sites for hydroxylation is 1. The molecule has 1 aliphatic rings. The highest BCUT2D eigenvalue weighted by atomic mass is 16.2. The summed E-state index contributed by atoms with van der Waals surface area (Å²) in [5.41, 5.74) is 4.71. The first kappa shape index (κ1) is 13.5. The minimum Gasteiger partial charge on any atom is -0.312 e. The molecular formula is C14H19N3O2. The average Bonchev–Trinajstić information content (AvgIpc) is 2.72. The topological polar surface area (TPSA) is 52.7 Å². The Bertz CT molecular complexity index is 482. The number of nitrogens with one attached hydrogen (secondary N) is 1. The van der Waals surface area contributed by atoms with Crippen LogP contribution in [0.4, 0.5) is 5.69 Å². The lowest BCUT2D eigenvalue weighted by Gasteiger charge is -2.18. The van der Waals surface area contributed by atoms with Crippen molar-refractivity contribution < 1.29 is 9.59 Å². The molecule has 2 amide bonds. The van der Waals surface area contributed by atoms with Crippen LogP contribution in [0.3, 0.4) is 0 Å². The normalized spacial score (nSPS) is 19.1. The summed E-state index contributed by atoms with van der Waals surface area (Å²) < 4.78 is 0. The monoisotopic (exact) mass is 261 g/mol. The van der Waals surface area contributed by atoms with Crippen LogP contribution in [0.1, 0.15) is 12.0 Å². The minimum atomic E-state index is -0.281. The van der Waals surface area contributed by atoms with Gasteiger partial charge >= 0.3 is 0 Å². The van der Waals surface area contributed by atoms with Crippen LogP contribution in [0.25, 0.3) is 0 Å². The molecule has 1 aromatic carbocycles. The number of carbonyl (C=O) groups excluding carboxylic acids is 2. The van der Waals surface area contributed by atoms with Crippen molar-refractivity contribution in [1.29, 1.82) is 0 Å². The molecule has 19 heavy (non-hydrogen) atoms. The van der Waals surface area contributed by atoms with Crippen molar-refractivity contribution >= 4 is 17.5 Å². The average molecular weight is 261 g/mol. The van der Waals surface area contributed by atoms with E-state index in [1.807, 2.05) is 31.2 Å². The largest absolute Gasteiger partial charge is 0.312 e. The minimum absolute atomic E-state index is 0.00255. The number of amides is 2. The fraction of sp³-hybridized carbons (Fsp3) is 0.429. The van der Waals surface area contributed by atoms with E-state index >= 15 is 0 Å². The van der Waals surface area contributed by atoms with Crippen LogP contribution in [0, 0.1) is 12.8 Å². The van der Waals surface area contributed by atoms with Crippen molar-refractivity contribution in [2.24, 2.45) is 5.92 Å². The van der Waals surface area contributed by atoms with Gasteiger partial charge in [0.1, 0.15) is 0 Å². The summed E-state index contributed by atoms with van der Waals surface area (Å²) in [6.07, 6.45) is 0.271. The number of nitrogens with zero attached hydrogens (tertiary/aromatic N) is 2. The van der Waals surface area contributed by atoms with Crippen LogP contribution < -0.4 is 10.3 Å². The molecule has 5 heteroatoms. The molecule has 102 valence electrons. The van der Waals surface area contributed by atoms with Crippen LogP contribution >= 0.6 is 0 Å². The molecule has 5 nitrogen and oxygen atoms in total. The Morgan fingerprint density at radius 3 is 2.53 bits per heavy atom. The van der Waals surface area contributed by atoms with Gasteiger partial charge in [-0.15, -0.1) is 0 Å². The second-order valence-electron chi connectivity index (χ2n) is 5.11. The highest BCUT2D eigenvalue weighted by molar-refractivity contribution is 6.00. The van der Waals surface area contributed by atoms with E-state index in [4.69, 9.17) is 0 Å². The standard InChI is InChI=1S/C14H19N3O2/c1-10-4-6-12(7-5-10)17-9-11(8-13(17)18)14(19)15-16(2)3/h4-7,11H,8-9H2,1-3H3,(H,15,19)/t11-/m0/s1. The molecule has 1 fully saturated rings. The van der Waals surface area contributed by atoms with Crippen molar-refractivity contribution in [3.8, 4) is 0 Å². The van der Waals surface area contributed by atoms with E-state index in [2.05, 4.69) is 5.43 Å². The third-order valence-electron chi connectivity index (χ3n) is 3.18. The second kappa shape index (κ2) is 5.40. The Kier molecular flexibility index (Phi) is 3.85. The maximum absolute atomic E-state index is 12.0. The van der Waals surface area contributed by atoms with Crippen molar-refractivity contribution in [3.05, 3.63) is 29.8 Å². The van der Waals surface area contributed by atoms with Gasteiger partial charge in [-0.05, 0) is 19.1 Å². The zero-order chi connectivity index (χ0) is 14.0. The Balaban J connectivity index is 2.07. The number of rotatable bonds is 3. The molecule has 0 radical (unpaired) electrons. The van der Waals surface area contributed by atoms with Gasteiger partial charge in [0.2, 0.25) is 11.8 Å². The predicted molar refractivity (Wildman–Crippen MR) is 73.5 cm³/mol. The molecule has 2 rings (SSSR count). The van der Waals surface area contributed by atoms with Gasteiger partial charge in [-0.3, -0.25) is 15.0 Å². The van der Waals surface area contributed by atoms with Crippen LogP contribution in [0.15, 0.2) is 24.3 Å². The van der Waals surface area contributed by atoms with Crippen molar-refractivity contribution in [2.75, 3.05) is 25.5 Å². The van der Waals surface area contributed by atoms with Crippen LogP contribution in [-0.2, 0) is 9.59 Å². The molecule has 0 aliphatic carbocycles. The number of hydrogen-bond donors (Lipinski definition) is 1. The number of hydrazine groups is 1. The Labute approximate surface area is 113 Å². The smallest absolute Gasteiger partial charge is 0.239 e.